The fourth-order valence-electron chi connectivity index (χ4n) is 1.31. The van der Waals surface area contributed by atoms with Crippen LogP contribution in [-0.4, -0.2) is 18.9 Å². The Bertz CT molecular complexity index is 394. The molecule has 0 radical (unpaired) electrons. The van der Waals surface area contributed by atoms with Crippen molar-refractivity contribution in [3.63, 3.8) is 0 Å². The molecule has 2 aromatic rings. The normalized spacial score (nSPS) is 10.7. The lowest BCUT2D eigenvalue weighted by molar-refractivity contribution is -0.0381. The molecule has 0 fully saturated rings. The maximum Gasteiger partial charge on any atom is 0.146 e. The summed E-state index contributed by atoms with van der Waals surface area (Å²) in [5, 5.41) is 0. The fourth-order valence-corrected chi connectivity index (χ4v) is 2.26. The van der Waals surface area contributed by atoms with Gasteiger partial charge in [0.05, 0.1) is 6.61 Å². The van der Waals surface area contributed by atoms with E-state index in [-0.39, 0.29) is 0 Å². The van der Waals surface area contributed by atoms with Crippen molar-refractivity contribution in [2.45, 2.75) is 6.61 Å². The van der Waals surface area contributed by atoms with Gasteiger partial charge in [-0.1, -0.05) is 0 Å². The predicted molar refractivity (Wildman–Crippen MR) is 60.8 cm³/mol. The lowest BCUT2D eigenvalue weighted by Crippen LogP contribution is -1.94. The first-order chi connectivity index (χ1) is 7.40. The first kappa shape index (κ1) is 10.4. The maximum absolute atomic E-state index is 5.28. The van der Waals surface area contributed by atoms with Gasteiger partial charge in [-0.15, -0.1) is 11.3 Å². The molecule has 0 amide bonds. The van der Waals surface area contributed by atoms with Gasteiger partial charge in [0.15, 0.2) is 0 Å². The van der Waals surface area contributed by atoms with Crippen molar-refractivity contribution < 1.29 is 9.47 Å². The van der Waals surface area contributed by atoms with E-state index in [9.17, 15) is 0 Å². The Morgan fingerprint density at radius 3 is 3.00 bits per heavy atom. The Morgan fingerprint density at radius 2 is 2.27 bits per heavy atom. The van der Waals surface area contributed by atoms with E-state index in [1.807, 2.05) is 12.4 Å². The molecule has 0 aliphatic carbocycles. The quantitative estimate of drug-likeness (QED) is 0.624. The lowest BCUT2D eigenvalue weighted by atomic mass is 10.3. The summed E-state index contributed by atoms with van der Waals surface area (Å²) in [5.41, 5.74) is 1.22. The third kappa shape index (κ3) is 2.68. The van der Waals surface area contributed by atoms with Crippen molar-refractivity contribution in [1.29, 1.82) is 0 Å². The highest BCUT2D eigenvalue weighted by Gasteiger charge is 2.02. The van der Waals surface area contributed by atoms with Gasteiger partial charge in [-0.3, -0.25) is 0 Å². The number of methoxy groups -OCH3 is 1. The van der Waals surface area contributed by atoms with Crippen LogP contribution in [0.25, 0.3) is 10.4 Å². The van der Waals surface area contributed by atoms with E-state index in [1.165, 1.54) is 15.3 Å². The molecule has 0 bridgehead atoms. The molecule has 0 unspecified atom stereocenters. The highest BCUT2D eigenvalue weighted by Crippen LogP contribution is 2.27. The van der Waals surface area contributed by atoms with Crippen LogP contribution in [0, 0.1) is 0 Å². The Hall–Kier alpha value is -1.10. The van der Waals surface area contributed by atoms with Crippen molar-refractivity contribution in [2.75, 3.05) is 13.9 Å². The number of aromatic nitrogens is 1. The van der Waals surface area contributed by atoms with Crippen LogP contribution in [0.4, 0.5) is 0 Å². The number of nitrogens with one attached hydrogen (secondary N) is 1. The van der Waals surface area contributed by atoms with Crippen LogP contribution in [0.2, 0.25) is 0 Å². The number of H-pyrrole nitrogens is 1. The Kier molecular flexibility index (Phi) is 3.55. The van der Waals surface area contributed by atoms with E-state index < -0.39 is 0 Å². The van der Waals surface area contributed by atoms with E-state index in [2.05, 4.69) is 23.2 Å². The van der Waals surface area contributed by atoms with Crippen LogP contribution in [0.3, 0.4) is 0 Å². The average molecular weight is 223 g/mol. The van der Waals surface area contributed by atoms with E-state index in [4.69, 9.17) is 9.47 Å². The number of hydrogen-bond donors (Lipinski definition) is 1. The smallest absolute Gasteiger partial charge is 0.146 e. The molecule has 80 valence electrons. The summed E-state index contributed by atoms with van der Waals surface area (Å²) in [4.78, 5) is 5.51. The molecule has 2 rings (SSSR count). The monoisotopic (exact) mass is 223 g/mol. The Balaban J connectivity index is 1.98. The van der Waals surface area contributed by atoms with Gasteiger partial charge >= 0.3 is 0 Å². The van der Waals surface area contributed by atoms with Gasteiger partial charge in [0.25, 0.3) is 0 Å². The second-order valence-electron chi connectivity index (χ2n) is 3.12. The molecule has 0 aliphatic heterocycles. The first-order valence-corrected chi connectivity index (χ1v) is 5.50. The van der Waals surface area contributed by atoms with E-state index in [0.717, 1.165) is 0 Å². The number of rotatable bonds is 5. The second-order valence-corrected chi connectivity index (χ2v) is 4.29. The molecule has 2 heterocycles. The molecule has 0 spiro atoms. The number of ether oxygens (including phenoxy) is 2. The van der Waals surface area contributed by atoms with Crippen molar-refractivity contribution in [3.8, 4) is 10.4 Å². The highest BCUT2D eigenvalue weighted by molar-refractivity contribution is 7.15. The van der Waals surface area contributed by atoms with E-state index in [0.29, 0.717) is 13.4 Å². The van der Waals surface area contributed by atoms with Crippen LogP contribution in [0.15, 0.2) is 30.6 Å². The molecule has 3 nitrogen and oxygen atoms in total. The van der Waals surface area contributed by atoms with Gasteiger partial charge in [-0.05, 0) is 18.2 Å². The van der Waals surface area contributed by atoms with Crippen molar-refractivity contribution in [3.05, 3.63) is 35.5 Å². The molecule has 0 aromatic carbocycles. The van der Waals surface area contributed by atoms with Crippen molar-refractivity contribution >= 4 is 11.3 Å². The number of aromatic amines is 1. The molecule has 15 heavy (non-hydrogen) atoms. The molecular formula is C11H13NO2S. The predicted octanol–water partition coefficient (Wildman–Crippen LogP) is 2.86. The third-order valence-electron chi connectivity index (χ3n) is 1.99. The lowest BCUT2D eigenvalue weighted by Gasteiger charge is -1.98. The molecular weight excluding hydrogens is 210 g/mol. The minimum absolute atomic E-state index is 0.345. The van der Waals surface area contributed by atoms with Crippen LogP contribution in [-0.2, 0) is 16.1 Å². The zero-order valence-corrected chi connectivity index (χ0v) is 9.34. The molecule has 0 atom stereocenters. The van der Waals surface area contributed by atoms with Crippen LogP contribution < -0.4 is 0 Å². The zero-order valence-electron chi connectivity index (χ0n) is 8.53. The van der Waals surface area contributed by atoms with Gasteiger partial charge < -0.3 is 14.5 Å². The topological polar surface area (TPSA) is 34.2 Å². The summed E-state index contributed by atoms with van der Waals surface area (Å²) in [7, 11) is 1.62. The maximum atomic E-state index is 5.28. The van der Waals surface area contributed by atoms with Gasteiger partial charge in [0.2, 0.25) is 0 Å². The zero-order chi connectivity index (χ0) is 10.5. The first-order valence-electron chi connectivity index (χ1n) is 4.68. The van der Waals surface area contributed by atoms with Crippen molar-refractivity contribution in [1.82, 2.24) is 4.98 Å². The summed E-state index contributed by atoms with van der Waals surface area (Å²) in [6.07, 6.45) is 3.92. The summed E-state index contributed by atoms with van der Waals surface area (Å²) in [5.74, 6) is 0. The van der Waals surface area contributed by atoms with Crippen LogP contribution in [0.5, 0.6) is 0 Å². The summed E-state index contributed by atoms with van der Waals surface area (Å²) < 4.78 is 10.1. The Morgan fingerprint density at radius 1 is 1.33 bits per heavy atom. The van der Waals surface area contributed by atoms with Crippen LogP contribution >= 0.6 is 11.3 Å². The second kappa shape index (κ2) is 5.11. The largest absolute Gasteiger partial charge is 0.367 e. The minimum Gasteiger partial charge on any atom is -0.367 e. The average Bonchev–Trinajstić information content (AvgIpc) is 2.87. The van der Waals surface area contributed by atoms with Crippen molar-refractivity contribution in [2.24, 2.45) is 0 Å². The summed E-state index contributed by atoms with van der Waals surface area (Å²) in [6, 6.07) is 6.26. The number of hydrogen-bond acceptors (Lipinski definition) is 3. The molecule has 2 aromatic heterocycles. The van der Waals surface area contributed by atoms with Gasteiger partial charge in [0.1, 0.15) is 6.79 Å². The fraction of sp³-hybridized carbons (Fsp3) is 0.273. The molecule has 1 N–H and O–H groups in total. The summed E-state index contributed by atoms with van der Waals surface area (Å²) in [6.45, 7) is 0.959. The minimum atomic E-state index is 0.345. The van der Waals surface area contributed by atoms with Crippen LogP contribution in [0.1, 0.15) is 4.88 Å². The van der Waals surface area contributed by atoms with Gasteiger partial charge in [-0.2, -0.15) is 0 Å². The highest BCUT2D eigenvalue weighted by atomic mass is 32.1. The standard InChI is InChI=1S/C11H13NO2S/c1-13-8-14-7-10-2-3-11(15-10)9-4-5-12-6-9/h2-6,12H,7-8H2,1H3. The molecule has 0 saturated heterocycles. The number of thiophene rings is 1. The molecule has 0 saturated carbocycles. The summed E-state index contributed by atoms with van der Waals surface area (Å²) >= 11 is 1.74. The third-order valence-corrected chi connectivity index (χ3v) is 3.10. The van der Waals surface area contributed by atoms with Gasteiger partial charge in [-0.25, -0.2) is 0 Å². The molecule has 4 heteroatoms. The van der Waals surface area contributed by atoms with Gasteiger partial charge in [0, 0.05) is 34.8 Å². The SMILES string of the molecule is COCOCc1ccc(-c2cc[nH]c2)s1. The Labute approximate surface area is 92.7 Å². The van der Waals surface area contributed by atoms with E-state index in [1.54, 1.807) is 18.4 Å². The van der Waals surface area contributed by atoms with E-state index >= 15 is 0 Å². The molecule has 0 aliphatic rings.